The van der Waals surface area contributed by atoms with Gasteiger partial charge in [-0.3, -0.25) is 4.79 Å². The molecule has 100 valence electrons. The second kappa shape index (κ2) is 6.40. The Labute approximate surface area is 108 Å². The topological polar surface area (TPSA) is 58.6 Å². The molecular formula is C14H21NO3. The summed E-state index contributed by atoms with van der Waals surface area (Å²) >= 11 is 0. The molecule has 4 nitrogen and oxygen atoms in total. The Bertz CT molecular complexity index is 389. The second-order valence-electron chi connectivity index (χ2n) is 4.39. The summed E-state index contributed by atoms with van der Waals surface area (Å²) in [5, 5.41) is 12.2. The van der Waals surface area contributed by atoms with Crippen molar-refractivity contribution in [3.8, 4) is 5.75 Å². The normalized spacial score (nSPS) is 13.9. The van der Waals surface area contributed by atoms with E-state index in [4.69, 9.17) is 9.84 Å². The summed E-state index contributed by atoms with van der Waals surface area (Å²) in [5.74, 6) is -0.0113. The van der Waals surface area contributed by atoms with E-state index in [1.807, 2.05) is 45.0 Å². The van der Waals surface area contributed by atoms with Crippen LogP contribution >= 0.6 is 0 Å². The molecule has 4 heteroatoms. The van der Waals surface area contributed by atoms with Gasteiger partial charge in [0.15, 0.2) is 0 Å². The van der Waals surface area contributed by atoms with Gasteiger partial charge in [0.1, 0.15) is 5.75 Å². The number of ether oxygens (including phenoxy) is 1. The molecule has 1 aromatic rings. The molecule has 0 spiro atoms. The Balaban J connectivity index is 2.94. The third kappa shape index (κ3) is 3.74. The fourth-order valence-corrected chi connectivity index (χ4v) is 2.04. The zero-order chi connectivity index (χ0) is 13.6. The minimum Gasteiger partial charge on any atom is -0.494 e. The molecule has 1 atom stereocenters. The number of carboxylic acid groups (broad SMARTS) is 1. The van der Waals surface area contributed by atoms with E-state index in [0.717, 1.165) is 17.9 Å². The lowest BCUT2D eigenvalue weighted by molar-refractivity contribution is -0.138. The van der Waals surface area contributed by atoms with Gasteiger partial charge in [-0.2, -0.15) is 0 Å². The number of hydrogen-bond donors (Lipinski definition) is 2. The number of carboxylic acids is 1. The minimum absolute atomic E-state index is 0.0504. The van der Waals surface area contributed by atoms with Gasteiger partial charge >= 0.3 is 5.97 Å². The lowest BCUT2D eigenvalue weighted by Gasteiger charge is -2.29. The first-order valence-corrected chi connectivity index (χ1v) is 6.22. The molecule has 0 amide bonds. The molecule has 0 aliphatic carbocycles. The highest BCUT2D eigenvalue weighted by Crippen LogP contribution is 2.26. The van der Waals surface area contributed by atoms with E-state index in [9.17, 15) is 4.79 Å². The molecule has 0 aliphatic heterocycles. The molecule has 0 radical (unpaired) electrons. The Morgan fingerprint density at radius 3 is 2.39 bits per heavy atom. The Hall–Kier alpha value is -1.55. The van der Waals surface area contributed by atoms with Crippen LogP contribution in [0.2, 0.25) is 0 Å². The number of nitrogens with one attached hydrogen (secondary N) is 1. The Morgan fingerprint density at radius 2 is 1.94 bits per heavy atom. The average molecular weight is 251 g/mol. The molecule has 18 heavy (non-hydrogen) atoms. The van der Waals surface area contributed by atoms with Crippen molar-refractivity contribution >= 4 is 5.97 Å². The molecule has 0 fully saturated rings. The molecule has 0 heterocycles. The standard InChI is InChI=1S/C14H21NO3/c1-4-15-14(3,10-13(16)17)11-6-8-12(9-7-11)18-5-2/h6-9,15H,4-5,10H2,1-3H3,(H,16,17). The maximum atomic E-state index is 11.0. The van der Waals surface area contributed by atoms with Gasteiger partial charge in [-0.25, -0.2) is 0 Å². The first kappa shape index (κ1) is 14.5. The van der Waals surface area contributed by atoms with Crippen LogP contribution in [0.15, 0.2) is 24.3 Å². The van der Waals surface area contributed by atoms with Gasteiger partial charge in [-0.1, -0.05) is 19.1 Å². The van der Waals surface area contributed by atoms with Crippen LogP contribution in [-0.2, 0) is 10.3 Å². The van der Waals surface area contributed by atoms with Crippen LogP contribution in [0, 0.1) is 0 Å². The number of aliphatic carboxylic acids is 1. The van der Waals surface area contributed by atoms with Crippen molar-refractivity contribution in [2.24, 2.45) is 0 Å². The lowest BCUT2D eigenvalue weighted by atomic mass is 9.88. The highest BCUT2D eigenvalue weighted by Gasteiger charge is 2.28. The zero-order valence-electron chi connectivity index (χ0n) is 11.2. The van der Waals surface area contributed by atoms with E-state index < -0.39 is 11.5 Å². The molecule has 1 rings (SSSR count). The van der Waals surface area contributed by atoms with Gasteiger partial charge in [-0.05, 0) is 38.1 Å². The summed E-state index contributed by atoms with van der Waals surface area (Å²) in [5.41, 5.74) is 0.404. The van der Waals surface area contributed by atoms with Gasteiger partial charge in [0.25, 0.3) is 0 Å². The predicted molar refractivity (Wildman–Crippen MR) is 70.9 cm³/mol. The summed E-state index contributed by atoms with van der Waals surface area (Å²) in [4.78, 5) is 11.0. The van der Waals surface area contributed by atoms with Crippen molar-refractivity contribution in [2.45, 2.75) is 32.7 Å². The summed E-state index contributed by atoms with van der Waals surface area (Å²) in [7, 11) is 0. The summed E-state index contributed by atoms with van der Waals surface area (Å²) in [6.45, 7) is 7.14. The monoisotopic (exact) mass is 251 g/mol. The quantitative estimate of drug-likeness (QED) is 0.781. The van der Waals surface area contributed by atoms with Crippen LogP contribution in [0.4, 0.5) is 0 Å². The van der Waals surface area contributed by atoms with Gasteiger partial charge in [-0.15, -0.1) is 0 Å². The predicted octanol–water partition coefficient (Wildman–Crippen LogP) is 2.38. The van der Waals surface area contributed by atoms with E-state index in [2.05, 4.69) is 5.32 Å². The largest absolute Gasteiger partial charge is 0.494 e. The second-order valence-corrected chi connectivity index (χ2v) is 4.39. The molecule has 2 N–H and O–H groups in total. The fourth-order valence-electron chi connectivity index (χ4n) is 2.04. The van der Waals surface area contributed by atoms with Crippen molar-refractivity contribution in [2.75, 3.05) is 13.2 Å². The Kier molecular flexibility index (Phi) is 5.16. The van der Waals surface area contributed by atoms with Crippen molar-refractivity contribution < 1.29 is 14.6 Å². The van der Waals surface area contributed by atoms with E-state index in [1.165, 1.54) is 0 Å². The molecule has 0 bridgehead atoms. The SMILES string of the molecule is CCNC(C)(CC(=O)O)c1ccc(OCC)cc1. The van der Waals surface area contributed by atoms with Crippen LogP contribution in [0.3, 0.4) is 0 Å². The van der Waals surface area contributed by atoms with E-state index >= 15 is 0 Å². The summed E-state index contributed by atoms with van der Waals surface area (Å²) in [6.07, 6.45) is 0.0504. The van der Waals surface area contributed by atoms with E-state index in [1.54, 1.807) is 0 Å². The first-order valence-electron chi connectivity index (χ1n) is 6.22. The summed E-state index contributed by atoms with van der Waals surface area (Å²) in [6, 6.07) is 7.57. The molecule has 0 aliphatic rings. The number of carbonyl (C=O) groups is 1. The zero-order valence-corrected chi connectivity index (χ0v) is 11.2. The van der Waals surface area contributed by atoms with Crippen LogP contribution < -0.4 is 10.1 Å². The van der Waals surface area contributed by atoms with E-state index in [0.29, 0.717) is 6.61 Å². The van der Waals surface area contributed by atoms with Crippen molar-refractivity contribution in [3.05, 3.63) is 29.8 Å². The lowest BCUT2D eigenvalue weighted by Crippen LogP contribution is -2.41. The van der Waals surface area contributed by atoms with Gasteiger partial charge in [0, 0.05) is 0 Å². The van der Waals surface area contributed by atoms with Crippen molar-refractivity contribution in [1.29, 1.82) is 0 Å². The third-order valence-corrected chi connectivity index (χ3v) is 2.87. The van der Waals surface area contributed by atoms with Gasteiger partial charge < -0.3 is 15.2 Å². The molecule has 1 unspecified atom stereocenters. The van der Waals surface area contributed by atoms with Crippen LogP contribution in [-0.4, -0.2) is 24.2 Å². The number of hydrogen-bond acceptors (Lipinski definition) is 3. The molecule has 0 saturated carbocycles. The first-order chi connectivity index (χ1) is 8.51. The molecule has 0 aromatic heterocycles. The molecule has 0 saturated heterocycles. The van der Waals surface area contributed by atoms with Crippen LogP contribution in [0.25, 0.3) is 0 Å². The molecular weight excluding hydrogens is 230 g/mol. The fraction of sp³-hybridized carbons (Fsp3) is 0.500. The van der Waals surface area contributed by atoms with Crippen LogP contribution in [0.5, 0.6) is 5.75 Å². The Morgan fingerprint density at radius 1 is 1.33 bits per heavy atom. The number of benzene rings is 1. The van der Waals surface area contributed by atoms with Gasteiger partial charge in [0.2, 0.25) is 0 Å². The average Bonchev–Trinajstić information content (AvgIpc) is 2.29. The number of rotatable bonds is 7. The van der Waals surface area contributed by atoms with Crippen LogP contribution in [0.1, 0.15) is 32.8 Å². The van der Waals surface area contributed by atoms with E-state index in [-0.39, 0.29) is 6.42 Å². The highest BCUT2D eigenvalue weighted by molar-refractivity contribution is 5.68. The minimum atomic E-state index is -0.813. The maximum absolute atomic E-state index is 11.0. The molecule has 1 aromatic carbocycles. The maximum Gasteiger partial charge on any atom is 0.305 e. The van der Waals surface area contributed by atoms with Gasteiger partial charge in [0.05, 0.1) is 18.6 Å². The summed E-state index contributed by atoms with van der Waals surface area (Å²) < 4.78 is 5.38. The smallest absolute Gasteiger partial charge is 0.305 e. The highest BCUT2D eigenvalue weighted by atomic mass is 16.5. The van der Waals surface area contributed by atoms with Crippen molar-refractivity contribution in [3.63, 3.8) is 0 Å². The third-order valence-electron chi connectivity index (χ3n) is 2.87. The van der Waals surface area contributed by atoms with Crippen molar-refractivity contribution in [1.82, 2.24) is 5.32 Å².